The molecule has 0 aromatic heterocycles. The molecule has 8 heteroatoms. The van der Waals surface area contributed by atoms with Crippen molar-refractivity contribution < 1.29 is 23.5 Å². The Morgan fingerprint density at radius 1 is 1.22 bits per heavy atom. The van der Waals surface area contributed by atoms with E-state index in [1.54, 1.807) is 37.3 Å². The Balaban J connectivity index is 1.86. The average Bonchev–Trinajstić information content (AvgIpc) is 2.78. The lowest BCUT2D eigenvalue weighted by molar-refractivity contribution is 0.0281. The number of nitrogens with zero attached hydrogens (tertiary/aromatic N) is 1. The van der Waals surface area contributed by atoms with Crippen LogP contribution in [0, 0.1) is 11.7 Å². The van der Waals surface area contributed by atoms with Crippen LogP contribution in [0.4, 0.5) is 10.1 Å². The summed E-state index contributed by atoms with van der Waals surface area (Å²) in [4.78, 5) is 27.3. The van der Waals surface area contributed by atoms with Gasteiger partial charge in [-0.25, -0.2) is 4.39 Å². The third-order valence-corrected chi connectivity index (χ3v) is 5.59. The van der Waals surface area contributed by atoms with Gasteiger partial charge in [-0.2, -0.15) is 0 Å². The highest BCUT2D eigenvalue weighted by atomic mass is 19.1. The number of fused-ring (bicyclic) bond motifs is 1. The summed E-state index contributed by atoms with van der Waals surface area (Å²) in [5, 5.41) is 6.21. The fourth-order valence-corrected chi connectivity index (χ4v) is 3.54. The van der Waals surface area contributed by atoms with E-state index in [-0.39, 0.29) is 29.9 Å². The van der Waals surface area contributed by atoms with Crippen LogP contribution >= 0.6 is 0 Å². The number of nitrogens with one attached hydrogen (secondary N) is 2. The number of amides is 2. The average molecular weight is 444 g/mol. The number of hydrogen-bond donors (Lipinski definition) is 2. The van der Waals surface area contributed by atoms with Crippen molar-refractivity contribution in [3.63, 3.8) is 0 Å². The molecule has 2 aromatic rings. The van der Waals surface area contributed by atoms with Gasteiger partial charge in [0.1, 0.15) is 18.2 Å². The number of anilines is 1. The van der Waals surface area contributed by atoms with Crippen molar-refractivity contribution >= 4 is 17.5 Å². The van der Waals surface area contributed by atoms with Crippen molar-refractivity contribution in [1.29, 1.82) is 0 Å². The zero-order valence-corrected chi connectivity index (χ0v) is 18.9. The summed E-state index contributed by atoms with van der Waals surface area (Å²) in [6, 6.07) is 10.3. The summed E-state index contributed by atoms with van der Waals surface area (Å²) >= 11 is 0. The lowest BCUT2D eigenvalue weighted by Gasteiger charge is -2.30. The van der Waals surface area contributed by atoms with Crippen LogP contribution in [0.2, 0.25) is 0 Å². The maximum atomic E-state index is 13.1. The van der Waals surface area contributed by atoms with Crippen molar-refractivity contribution in [2.75, 3.05) is 39.2 Å². The van der Waals surface area contributed by atoms with Gasteiger partial charge in [0.2, 0.25) is 0 Å². The van der Waals surface area contributed by atoms with Crippen LogP contribution in [0.25, 0.3) is 0 Å². The number of ether oxygens (including phenoxy) is 2. The van der Waals surface area contributed by atoms with Crippen LogP contribution in [0.5, 0.6) is 5.75 Å². The van der Waals surface area contributed by atoms with E-state index in [4.69, 9.17) is 9.47 Å². The molecule has 7 nitrogen and oxygen atoms in total. The minimum Gasteiger partial charge on any atom is -0.491 e. The van der Waals surface area contributed by atoms with Crippen molar-refractivity contribution in [2.45, 2.75) is 26.0 Å². The molecule has 0 spiro atoms. The molecular formula is C24H30FN3O4. The summed E-state index contributed by atoms with van der Waals surface area (Å²) in [5.74, 6) is -0.388. The zero-order valence-electron chi connectivity index (χ0n) is 18.9. The maximum Gasteiger partial charge on any atom is 0.257 e. The van der Waals surface area contributed by atoms with Crippen molar-refractivity contribution in [1.82, 2.24) is 10.2 Å². The van der Waals surface area contributed by atoms with Gasteiger partial charge >= 0.3 is 0 Å². The summed E-state index contributed by atoms with van der Waals surface area (Å²) in [5.41, 5.74) is 1.21. The second-order valence-corrected chi connectivity index (χ2v) is 8.23. The molecule has 0 unspecified atom stereocenters. The predicted octanol–water partition coefficient (Wildman–Crippen LogP) is 3.17. The van der Waals surface area contributed by atoms with Crippen molar-refractivity contribution in [3.8, 4) is 5.75 Å². The van der Waals surface area contributed by atoms with E-state index in [0.29, 0.717) is 35.7 Å². The van der Waals surface area contributed by atoms with Gasteiger partial charge < -0.3 is 25.0 Å². The number of carbonyl (C=O) groups is 2. The molecule has 1 heterocycles. The van der Waals surface area contributed by atoms with Gasteiger partial charge in [0.15, 0.2) is 0 Å². The molecule has 0 fully saturated rings. The molecule has 2 N–H and O–H groups in total. The topological polar surface area (TPSA) is 79.9 Å². The summed E-state index contributed by atoms with van der Waals surface area (Å²) in [7, 11) is 3.39. The Hall–Kier alpha value is -2.97. The van der Waals surface area contributed by atoms with Crippen LogP contribution in [0.1, 0.15) is 34.6 Å². The van der Waals surface area contributed by atoms with Crippen LogP contribution < -0.4 is 15.4 Å². The molecule has 32 heavy (non-hydrogen) atoms. The van der Waals surface area contributed by atoms with E-state index in [9.17, 15) is 14.0 Å². The quantitative estimate of drug-likeness (QED) is 0.762. The van der Waals surface area contributed by atoms with E-state index < -0.39 is 5.82 Å². The zero-order chi connectivity index (χ0) is 23.3. The molecule has 3 rings (SSSR count). The first-order valence-corrected chi connectivity index (χ1v) is 10.6. The normalized spacial score (nSPS) is 22.2. The molecule has 2 amide bonds. The molecule has 0 radical (unpaired) electrons. The Morgan fingerprint density at radius 2 is 1.94 bits per heavy atom. The van der Waals surface area contributed by atoms with Gasteiger partial charge in [-0.1, -0.05) is 6.92 Å². The number of methoxy groups -OCH3 is 1. The van der Waals surface area contributed by atoms with E-state index in [0.717, 1.165) is 6.54 Å². The molecule has 3 atom stereocenters. The molecule has 0 aliphatic carbocycles. The first-order valence-electron chi connectivity index (χ1n) is 10.6. The minimum atomic E-state index is -0.412. The van der Waals surface area contributed by atoms with E-state index >= 15 is 0 Å². The fourth-order valence-electron chi connectivity index (χ4n) is 3.54. The van der Waals surface area contributed by atoms with Crippen LogP contribution in [0.3, 0.4) is 0 Å². The third kappa shape index (κ3) is 5.83. The van der Waals surface area contributed by atoms with Gasteiger partial charge in [0.05, 0.1) is 11.7 Å². The Labute approximate surface area is 187 Å². The van der Waals surface area contributed by atoms with Gasteiger partial charge in [-0.15, -0.1) is 0 Å². The first-order chi connectivity index (χ1) is 15.3. The fraction of sp³-hybridized carbons (Fsp3) is 0.417. The number of halogens is 1. The smallest absolute Gasteiger partial charge is 0.257 e. The second-order valence-electron chi connectivity index (χ2n) is 8.23. The largest absolute Gasteiger partial charge is 0.491 e. The number of likely N-dealkylation sites (N-methyl/N-ethyl adjacent to an activating group) is 1. The molecule has 0 saturated carbocycles. The number of rotatable bonds is 3. The van der Waals surface area contributed by atoms with E-state index in [1.807, 2.05) is 6.92 Å². The number of hydrogen-bond acceptors (Lipinski definition) is 5. The lowest BCUT2D eigenvalue weighted by Crippen LogP contribution is -2.44. The van der Waals surface area contributed by atoms with Crippen molar-refractivity contribution in [2.24, 2.45) is 5.92 Å². The number of benzene rings is 2. The standard InChI is InChI=1S/C24H30FN3O4/c1-15-12-26-16(2)14-32-21-11-19(27-23(29)17-5-7-18(25)8-6-17)9-10-20(21)24(30)28(3)13-22(15)31-4/h5-11,15-16,22,26H,12-14H2,1-4H3,(H,27,29)/t15-,16+,22+/m1/s1. The van der Waals surface area contributed by atoms with Gasteiger partial charge in [-0.3, -0.25) is 9.59 Å². The second kappa shape index (κ2) is 10.6. The third-order valence-electron chi connectivity index (χ3n) is 5.59. The minimum absolute atomic E-state index is 0.0486. The Kier molecular flexibility index (Phi) is 7.82. The Morgan fingerprint density at radius 3 is 2.62 bits per heavy atom. The Bertz CT molecular complexity index is 951. The van der Waals surface area contributed by atoms with Crippen LogP contribution in [0.15, 0.2) is 42.5 Å². The molecule has 0 bridgehead atoms. The molecule has 1 aliphatic heterocycles. The maximum absolute atomic E-state index is 13.1. The van der Waals surface area contributed by atoms with Gasteiger partial charge in [0.25, 0.3) is 11.8 Å². The SMILES string of the molecule is CO[C@H]1CN(C)C(=O)c2ccc(NC(=O)c3ccc(F)cc3)cc2OC[C@H](C)NC[C@H]1C. The summed E-state index contributed by atoms with van der Waals surface area (Å²) in [6.45, 7) is 5.61. The van der Waals surface area contributed by atoms with Crippen molar-refractivity contribution in [3.05, 3.63) is 59.4 Å². The summed E-state index contributed by atoms with van der Waals surface area (Å²) < 4.78 is 24.7. The van der Waals surface area contributed by atoms with E-state index in [1.165, 1.54) is 24.3 Å². The monoisotopic (exact) mass is 443 g/mol. The lowest BCUT2D eigenvalue weighted by atomic mass is 10.0. The highest BCUT2D eigenvalue weighted by Crippen LogP contribution is 2.26. The summed E-state index contributed by atoms with van der Waals surface area (Å²) in [6.07, 6.45) is -0.110. The van der Waals surface area contributed by atoms with Crippen LogP contribution in [-0.2, 0) is 4.74 Å². The molecule has 1 aliphatic rings. The highest BCUT2D eigenvalue weighted by molar-refractivity contribution is 6.05. The number of carbonyl (C=O) groups excluding carboxylic acids is 2. The molecule has 0 saturated heterocycles. The molecular weight excluding hydrogens is 413 g/mol. The molecule has 2 aromatic carbocycles. The van der Waals surface area contributed by atoms with E-state index in [2.05, 4.69) is 17.6 Å². The molecule has 172 valence electrons. The van der Waals surface area contributed by atoms with Gasteiger partial charge in [0, 0.05) is 50.6 Å². The van der Waals surface area contributed by atoms with Crippen LogP contribution in [-0.4, -0.2) is 62.7 Å². The highest BCUT2D eigenvalue weighted by Gasteiger charge is 2.25. The predicted molar refractivity (Wildman–Crippen MR) is 121 cm³/mol. The first kappa shape index (κ1) is 23.7. The van der Waals surface area contributed by atoms with Gasteiger partial charge in [-0.05, 0) is 49.2 Å².